The van der Waals surface area contributed by atoms with Crippen LogP contribution in [-0.2, 0) is 9.22 Å². The van der Waals surface area contributed by atoms with Crippen molar-refractivity contribution in [1.29, 1.82) is 0 Å². The van der Waals surface area contributed by atoms with E-state index in [1.54, 1.807) is 0 Å². The number of rotatable bonds is 4. The zero-order valence-corrected chi connectivity index (χ0v) is 17.5. The van der Waals surface area contributed by atoms with Crippen molar-refractivity contribution in [2.75, 3.05) is 0 Å². The summed E-state index contributed by atoms with van der Waals surface area (Å²) in [6.07, 6.45) is 0.725. The van der Waals surface area contributed by atoms with Crippen molar-refractivity contribution in [3.05, 3.63) is 0 Å². The summed E-state index contributed by atoms with van der Waals surface area (Å²) in [5.74, 6) is 1.45. The second-order valence-corrected chi connectivity index (χ2v) is 14.9. The van der Waals surface area contributed by atoms with Gasteiger partial charge in [0, 0.05) is 12.3 Å². The molecule has 3 heteroatoms. The summed E-state index contributed by atoms with van der Waals surface area (Å²) in [4.78, 5) is 12.3. The smallest absolute Gasteiger partial charge is 0.204 e. The molecular weight excluding hydrogens is 288 g/mol. The Balaban J connectivity index is 3.30. The van der Waals surface area contributed by atoms with Crippen molar-refractivity contribution in [2.45, 2.75) is 97.9 Å². The number of hydrogen-bond donors (Lipinski definition) is 0. The van der Waals surface area contributed by atoms with E-state index in [1.807, 2.05) is 6.92 Å². The Hall–Kier alpha value is -0.153. The van der Waals surface area contributed by atoms with E-state index in [-0.39, 0.29) is 22.1 Å². The normalized spacial score (nSPS) is 27.2. The molecule has 0 N–H and O–H groups in total. The molecule has 1 fully saturated rings. The molecule has 1 aliphatic rings. The summed E-state index contributed by atoms with van der Waals surface area (Å²) in [6, 6.07) is 1.18. The minimum absolute atomic E-state index is 0.0245. The highest BCUT2D eigenvalue weighted by atomic mass is 28.4. The molecule has 0 saturated carbocycles. The monoisotopic (exact) mass is 326 g/mol. The summed E-state index contributed by atoms with van der Waals surface area (Å²) in [5, 5.41) is 0.365. The average Bonchev–Trinajstić information content (AvgIpc) is 2.77. The number of ketones is 1. The molecular formula is C19H38O2Si. The fourth-order valence-corrected chi connectivity index (χ4v) is 11.0. The maximum atomic E-state index is 12.3. The van der Waals surface area contributed by atoms with E-state index >= 15 is 0 Å². The Kier molecular flexibility index (Phi) is 5.78. The lowest BCUT2D eigenvalue weighted by atomic mass is 9.83. The third-order valence-electron chi connectivity index (χ3n) is 5.91. The quantitative estimate of drug-likeness (QED) is 0.609. The third-order valence-corrected chi connectivity index (χ3v) is 12.5. The number of carbonyl (C=O) groups is 1. The van der Waals surface area contributed by atoms with Crippen LogP contribution >= 0.6 is 0 Å². The van der Waals surface area contributed by atoms with Gasteiger partial charge in [-0.05, 0) is 28.0 Å². The molecule has 0 unspecified atom stereocenters. The van der Waals surface area contributed by atoms with E-state index in [2.05, 4.69) is 62.3 Å². The number of carbonyl (C=O) groups excluding carboxylic acids is 1. The molecule has 22 heavy (non-hydrogen) atoms. The van der Waals surface area contributed by atoms with Crippen molar-refractivity contribution in [3.8, 4) is 0 Å². The zero-order valence-electron chi connectivity index (χ0n) is 16.5. The lowest BCUT2D eigenvalue weighted by Gasteiger charge is -2.48. The van der Waals surface area contributed by atoms with Gasteiger partial charge in [0.2, 0.25) is 8.32 Å². The molecule has 0 radical (unpaired) electrons. The Bertz CT molecular complexity index is 387. The van der Waals surface area contributed by atoms with Crippen LogP contribution in [-0.4, -0.2) is 20.2 Å². The molecule has 0 bridgehead atoms. The molecule has 0 amide bonds. The van der Waals surface area contributed by atoms with Gasteiger partial charge in [0.05, 0.1) is 6.10 Å². The minimum atomic E-state index is -2.00. The van der Waals surface area contributed by atoms with Crippen LogP contribution in [0.1, 0.15) is 75.7 Å². The van der Waals surface area contributed by atoms with Gasteiger partial charge in [-0.15, -0.1) is 0 Å². The highest BCUT2D eigenvalue weighted by Gasteiger charge is 2.62. The van der Waals surface area contributed by atoms with Crippen LogP contribution in [0.2, 0.25) is 16.1 Å². The van der Waals surface area contributed by atoms with Gasteiger partial charge in [-0.25, -0.2) is 0 Å². The summed E-state index contributed by atoms with van der Waals surface area (Å²) >= 11 is 0. The average molecular weight is 327 g/mol. The van der Waals surface area contributed by atoms with Crippen molar-refractivity contribution >= 4 is 14.1 Å². The molecule has 3 atom stereocenters. The second-order valence-electron chi connectivity index (χ2n) is 9.63. The first kappa shape index (κ1) is 19.9. The Morgan fingerprint density at radius 3 is 1.86 bits per heavy atom. The summed E-state index contributed by atoms with van der Waals surface area (Å²) in [7, 11) is -2.00. The molecule has 0 aliphatic carbocycles. The molecule has 1 heterocycles. The van der Waals surface area contributed by atoms with E-state index in [0.29, 0.717) is 24.0 Å². The summed E-state index contributed by atoms with van der Waals surface area (Å²) < 4.78 is 6.95. The first-order chi connectivity index (χ1) is 9.78. The molecule has 0 spiro atoms. The van der Waals surface area contributed by atoms with Crippen LogP contribution < -0.4 is 0 Å². The molecule has 0 aromatic rings. The van der Waals surface area contributed by atoms with Gasteiger partial charge in [-0.3, -0.25) is 4.79 Å². The molecule has 1 aliphatic heterocycles. The van der Waals surface area contributed by atoms with Crippen LogP contribution in [0.15, 0.2) is 0 Å². The van der Waals surface area contributed by atoms with E-state index < -0.39 is 8.32 Å². The second kappa shape index (κ2) is 6.39. The topological polar surface area (TPSA) is 26.3 Å². The van der Waals surface area contributed by atoms with E-state index in [0.717, 1.165) is 0 Å². The maximum Gasteiger partial charge on any atom is 0.204 e. The Morgan fingerprint density at radius 2 is 1.55 bits per heavy atom. The van der Waals surface area contributed by atoms with Gasteiger partial charge in [0.25, 0.3) is 0 Å². The van der Waals surface area contributed by atoms with Gasteiger partial charge in [0.15, 0.2) is 0 Å². The Labute approximate surface area is 139 Å². The van der Waals surface area contributed by atoms with Crippen LogP contribution in [0.25, 0.3) is 0 Å². The molecule has 0 aromatic carbocycles. The highest BCUT2D eigenvalue weighted by Crippen LogP contribution is 2.60. The van der Waals surface area contributed by atoms with Crippen LogP contribution in [0.3, 0.4) is 0 Å². The first-order valence-electron chi connectivity index (χ1n) is 8.99. The van der Waals surface area contributed by atoms with Crippen LogP contribution in [0.5, 0.6) is 0 Å². The van der Waals surface area contributed by atoms with E-state index in [4.69, 9.17) is 4.43 Å². The predicted molar refractivity (Wildman–Crippen MR) is 97.7 cm³/mol. The van der Waals surface area contributed by atoms with Crippen LogP contribution in [0, 0.1) is 17.8 Å². The highest BCUT2D eigenvalue weighted by molar-refractivity contribution is 6.80. The zero-order chi connectivity index (χ0) is 17.5. The van der Waals surface area contributed by atoms with E-state index in [1.165, 1.54) is 6.04 Å². The Morgan fingerprint density at radius 1 is 1.09 bits per heavy atom. The molecule has 1 saturated heterocycles. The molecule has 0 aromatic heterocycles. The summed E-state index contributed by atoms with van der Waals surface area (Å²) in [6.45, 7) is 22.7. The fourth-order valence-electron chi connectivity index (χ4n) is 4.50. The van der Waals surface area contributed by atoms with Gasteiger partial charge in [0.1, 0.15) is 5.78 Å². The molecule has 1 rings (SSSR count). The fraction of sp³-hybridized carbons (Fsp3) is 0.947. The first-order valence-corrected chi connectivity index (χ1v) is 11.1. The molecule has 2 nitrogen and oxygen atoms in total. The third kappa shape index (κ3) is 3.35. The SMILES string of the molecule is CCC(=O)[C@H](C)[C@@H]1O[Si](C(C)(C)C)(C(C)(C)C)C[C@H]1C(C)C. The van der Waals surface area contributed by atoms with Crippen molar-refractivity contribution in [3.63, 3.8) is 0 Å². The number of Topliss-reactive ketones (excluding diaryl/α,β-unsaturated/α-hetero) is 1. The van der Waals surface area contributed by atoms with Gasteiger partial charge < -0.3 is 4.43 Å². The summed E-state index contributed by atoms with van der Waals surface area (Å²) in [5.41, 5.74) is 0. The van der Waals surface area contributed by atoms with Crippen molar-refractivity contribution < 1.29 is 9.22 Å². The standard InChI is InChI=1S/C19H38O2Si/c1-11-16(20)14(4)17-15(13(2)3)12-22(21-17,18(5,6)7)19(8,9)10/h13-15,17H,11-12H2,1-10H3/t14-,15-,17-/m0/s1. The maximum absolute atomic E-state index is 12.3. The lowest BCUT2D eigenvalue weighted by Crippen LogP contribution is -2.52. The van der Waals surface area contributed by atoms with E-state index in [9.17, 15) is 4.79 Å². The number of hydrogen-bond acceptors (Lipinski definition) is 2. The van der Waals surface area contributed by atoms with Gasteiger partial charge in [-0.2, -0.15) is 0 Å². The largest absolute Gasteiger partial charge is 0.412 e. The lowest BCUT2D eigenvalue weighted by molar-refractivity contribution is -0.125. The minimum Gasteiger partial charge on any atom is -0.412 e. The van der Waals surface area contributed by atoms with Crippen molar-refractivity contribution in [2.24, 2.45) is 17.8 Å². The molecule has 130 valence electrons. The van der Waals surface area contributed by atoms with Gasteiger partial charge in [-0.1, -0.05) is 69.2 Å². The van der Waals surface area contributed by atoms with Crippen molar-refractivity contribution in [1.82, 2.24) is 0 Å². The predicted octanol–water partition coefficient (Wildman–Crippen LogP) is 5.82. The van der Waals surface area contributed by atoms with Gasteiger partial charge >= 0.3 is 0 Å². The van der Waals surface area contributed by atoms with Crippen LogP contribution in [0.4, 0.5) is 0 Å².